The second kappa shape index (κ2) is 23.7. The highest BCUT2D eigenvalue weighted by Gasteiger charge is 2.35. The molecule has 0 bridgehead atoms. The minimum Gasteiger partial charge on any atom is -0.445 e. The Morgan fingerprint density at radius 1 is 1.10 bits per heavy atom. The van der Waals surface area contributed by atoms with Gasteiger partial charge < -0.3 is 20.6 Å². The molecule has 2 aromatic carbocycles. The number of halogens is 2. The van der Waals surface area contributed by atoms with Gasteiger partial charge in [-0.25, -0.2) is 4.79 Å². The third-order valence-corrected chi connectivity index (χ3v) is 5.52. The van der Waals surface area contributed by atoms with Crippen LogP contribution in [0.2, 0.25) is 0 Å². The van der Waals surface area contributed by atoms with E-state index in [0.29, 0.717) is 18.7 Å². The number of alkyl halides is 1. The molecular formula is C30H48Br2N2O5. The molecular weight excluding hydrogens is 628 g/mol. The number of hydrogen-bond acceptors (Lipinski definition) is 4. The second-order valence-electron chi connectivity index (χ2n) is 8.75. The molecule has 1 unspecified atom stereocenters. The van der Waals surface area contributed by atoms with E-state index in [0.717, 1.165) is 21.8 Å². The van der Waals surface area contributed by atoms with Crippen molar-refractivity contribution in [3.8, 4) is 0 Å². The van der Waals surface area contributed by atoms with Crippen molar-refractivity contribution < 1.29 is 24.9 Å². The van der Waals surface area contributed by atoms with Gasteiger partial charge in [-0.05, 0) is 74.2 Å². The maximum Gasteiger partial charge on any atom is 0.410 e. The third kappa shape index (κ3) is 19.5. The molecule has 0 radical (unpaired) electrons. The number of hydrogen-bond donors (Lipinski definition) is 2. The number of para-hydroxylation sites is 1. The van der Waals surface area contributed by atoms with Crippen molar-refractivity contribution in [1.82, 2.24) is 4.90 Å². The van der Waals surface area contributed by atoms with Crippen molar-refractivity contribution in [1.29, 1.82) is 0 Å². The summed E-state index contributed by atoms with van der Waals surface area (Å²) < 4.78 is 6.17. The number of amides is 2. The van der Waals surface area contributed by atoms with Gasteiger partial charge in [0, 0.05) is 16.3 Å². The lowest BCUT2D eigenvalue weighted by Gasteiger charge is -2.23. The standard InChI is InChI=1S/C19H19BrN2O3.C4H7Br.C4H10O.C2H6.CH4.H2O/c20-15-9-4-5-10-16(15)21-18(23)17-11-6-12-22(17)19(24)25-13-14-7-2-1-3-8-14;1-2-3-4-5;1-4(2,3)5;1-2;;/h1-5,7-10,17H,6,11-13H2,(H,21,23);2-3H,4H2,1H3;5H,1-3H3;1-2H3;1H4;1H2/b;3-2-;;;;. The first kappa shape index (κ1) is 41.3. The van der Waals surface area contributed by atoms with E-state index in [-0.39, 0.29) is 25.4 Å². The quantitative estimate of drug-likeness (QED) is 0.249. The molecule has 0 aliphatic carbocycles. The largest absolute Gasteiger partial charge is 0.445 e. The van der Waals surface area contributed by atoms with E-state index in [4.69, 9.17) is 9.84 Å². The molecule has 39 heavy (non-hydrogen) atoms. The van der Waals surface area contributed by atoms with Gasteiger partial charge in [-0.1, -0.05) is 91.8 Å². The minimum absolute atomic E-state index is 0. The Morgan fingerprint density at radius 2 is 1.64 bits per heavy atom. The van der Waals surface area contributed by atoms with Gasteiger partial charge in [0.25, 0.3) is 0 Å². The summed E-state index contributed by atoms with van der Waals surface area (Å²) in [7, 11) is 0. The van der Waals surface area contributed by atoms with E-state index in [1.54, 1.807) is 20.8 Å². The van der Waals surface area contributed by atoms with Crippen LogP contribution in [-0.2, 0) is 16.1 Å². The van der Waals surface area contributed by atoms with Gasteiger partial charge in [-0.15, -0.1) is 0 Å². The summed E-state index contributed by atoms with van der Waals surface area (Å²) in [6.07, 6.45) is 5.02. The zero-order valence-electron chi connectivity index (χ0n) is 23.3. The zero-order valence-corrected chi connectivity index (χ0v) is 26.5. The average Bonchev–Trinajstić information content (AvgIpc) is 3.36. The van der Waals surface area contributed by atoms with Crippen LogP contribution in [0.3, 0.4) is 0 Å². The molecule has 1 saturated heterocycles. The van der Waals surface area contributed by atoms with Crippen molar-refractivity contribution in [2.45, 2.75) is 80.1 Å². The number of carbonyl (C=O) groups excluding carboxylic acids is 2. The van der Waals surface area contributed by atoms with Crippen molar-refractivity contribution in [3.63, 3.8) is 0 Å². The summed E-state index contributed by atoms with van der Waals surface area (Å²) in [6, 6.07) is 16.4. The topological polar surface area (TPSA) is 110 Å². The van der Waals surface area contributed by atoms with Crippen molar-refractivity contribution in [2.75, 3.05) is 17.2 Å². The van der Waals surface area contributed by atoms with E-state index < -0.39 is 17.7 Å². The first-order valence-corrected chi connectivity index (χ1v) is 14.4. The predicted octanol–water partition coefficient (Wildman–Crippen LogP) is 7.76. The number of ether oxygens (including phenoxy) is 1. The van der Waals surface area contributed by atoms with E-state index in [1.807, 2.05) is 87.5 Å². The summed E-state index contributed by atoms with van der Waals surface area (Å²) in [5.74, 6) is -0.193. The molecule has 4 N–H and O–H groups in total. The van der Waals surface area contributed by atoms with Crippen LogP contribution in [0.5, 0.6) is 0 Å². The molecule has 1 atom stereocenters. The van der Waals surface area contributed by atoms with Crippen LogP contribution < -0.4 is 5.32 Å². The molecule has 0 saturated carbocycles. The smallest absolute Gasteiger partial charge is 0.410 e. The highest BCUT2D eigenvalue weighted by atomic mass is 79.9. The number of allylic oxidation sites excluding steroid dienone is 2. The fourth-order valence-corrected chi connectivity index (χ4v) is 3.69. The van der Waals surface area contributed by atoms with Gasteiger partial charge >= 0.3 is 6.09 Å². The lowest BCUT2D eigenvalue weighted by Crippen LogP contribution is -2.43. The monoisotopic (exact) mass is 674 g/mol. The van der Waals surface area contributed by atoms with Crippen LogP contribution in [0.1, 0.15) is 67.4 Å². The van der Waals surface area contributed by atoms with Crippen LogP contribution >= 0.6 is 31.9 Å². The number of carbonyl (C=O) groups is 2. The van der Waals surface area contributed by atoms with Gasteiger partial charge in [0.15, 0.2) is 0 Å². The number of nitrogens with zero attached hydrogens (tertiary/aromatic N) is 1. The third-order valence-electron chi connectivity index (χ3n) is 4.45. The molecule has 0 spiro atoms. The molecule has 7 nitrogen and oxygen atoms in total. The number of aliphatic hydroxyl groups is 1. The molecule has 1 heterocycles. The first-order chi connectivity index (χ1) is 17.6. The Labute approximate surface area is 252 Å². The summed E-state index contributed by atoms with van der Waals surface area (Å²) in [5, 5.41) is 12.4. The second-order valence-corrected chi connectivity index (χ2v) is 10.3. The molecule has 2 amide bonds. The Kier molecular flexibility index (Phi) is 25.1. The lowest BCUT2D eigenvalue weighted by atomic mass is 10.2. The number of anilines is 1. The fourth-order valence-electron chi connectivity index (χ4n) is 2.93. The molecule has 222 valence electrons. The Bertz CT molecular complexity index is 928. The van der Waals surface area contributed by atoms with Crippen LogP contribution in [0, 0.1) is 0 Å². The average molecular weight is 677 g/mol. The molecule has 9 heteroatoms. The minimum atomic E-state index is -0.504. The van der Waals surface area contributed by atoms with Crippen molar-refractivity contribution in [2.24, 2.45) is 0 Å². The number of likely N-dealkylation sites (tertiary alicyclic amines) is 1. The summed E-state index contributed by atoms with van der Waals surface area (Å²) in [6.45, 7) is 12.0. The summed E-state index contributed by atoms with van der Waals surface area (Å²) >= 11 is 6.63. The number of benzene rings is 2. The zero-order chi connectivity index (χ0) is 28.3. The molecule has 3 rings (SSSR count). The maximum absolute atomic E-state index is 12.6. The summed E-state index contributed by atoms with van der Waals surface area (Å²) in [4.78, 5) is 26.5. The molecule has 1 aliphatic rings. The van der Waals surface area contributed by atoms with Gasteiger partial charge in [0.05, 0.1) is 11.3 Å². The van der Waals surface area contributed by atoms with E-state index >= 15 is 0 Å². The van der Waals surface area contributed by atoms with E-state index in [9.17, 15) is 9.59 Å². The van der Waals surface area contributed by atoms with Gasteiger partial charge in [0.2, 0.25) is 5.91 Å². The molecule has 1 aliphatic heterocycles. The van der Waals surface area contributed by atoms with Crippen LogP contribution in [-0.4, -0.2) is 51.0 Å². The first-order valence-electron chi connectivity index (χ1n) is 12.5. The van der Waals surface area contributed by atoms with Gasteiger partial charge in [-0.3, -0.25) is 9.69 Å². The van der Waals surface area contributed by atoms with Gasteiger partial charge in [-0.2, -0.15) is 0 Å². The number of rotatable bonds is 5. The Balaban J connectivity index is -0.000000789. The molecule has 1 fully saturated rings. The Morgan fingerprint density at radius 3 is 2.13 bits per heavy atom. The highest BCUT2D eigenvalue weighted by Crippen LogP contribution is 2.24. The van der Waals surface area contributed by atoms with Gasteiger partial charge in [0.1, 0.15) is 12.6 Å². The van der Waals surface area contributed by atoms with Crippen LogP contribution in [0.25, 0.3) is 0 Å². The predicted molar refractivity (Wildman–Crippen MR) is 171 cm³/mol. The number of nitrogens with one attached hydrogen (secondary N) is 1. The van der Waals surface area contributed by atoms with Crippen LogP contribution in [0.15, 0.2) is 71.2 Å². The maximum atomic E-state index is 12.6. The van der Waals surface area contributed by atoms with Crippen molar-refractivity contribution in [3.05, 3.63) is 76.8 Å². The lowest BCUT2D eigenvalue weighted by molar-refractivity contribution is -0.120. The van der Waals surface area contributed by atoms with Crippen LogP contribution in [0.4, 0.5) is 10.5 Å². The van der Waals surface area contributed by atoms with Crippen molar-refractivity contribution >= 4 is 49.5 Å². The summed E-state index contributed by atoms with van der Waals surface area (Å²) in [5.41, 5.74) is 1.11. The van der Waals surface area contributed by atoms with E-state index in [1.165, 1.54) is 4.90 Å². The Hall–Kier alpha value is -2.20. The normalized spacial score (nSPS) is 13.6. The highest BCUT2D eigenvalue weighted by molar-refractivity contribution is 9.10. The SMILES string of the molecule is C.C/C=C\CBr.CC.CC(C)(C)O.O.O=C(Nc1ccccc1Br)C1CCCN1C(=O)OCc1ccccc1. The molecule has 2 aromatic rings. The fraction of sp³-hybridized carbons (Fsp3) is 0.467. The van der Waals surface area contributed by atoms with E-state index in [2.05, 4.69) is 37.2 Å². The molecule has 0 aromatic heterocycles.